The van der Waals surface area contributed by atoms with E-state index in [1.165, 1.54) is 6.20 Å². The zero-order valence-corrected chi connectivity index (χ0v) is 11.8. The van der Waals surface area contributed by atoms with Crippen LogP contribution in [-0.4, -0.2) is 34.4 Å². The fraction of sp³-hybridized carbons (Fsp3) is 0.385. The number of pyridine rings is 1. The molecule has 2 aromatic rings. The number of rotatable bonds is 3. The Balaban J connectivity index is 1.98. The summed E-state index contributed by atoms with van der Waals surface area (Å²) in [5.74, 6) is 0. The van der Waals surface area contributed by atoms with Gasteiger partial charge in [-0.3, -0.25) is 10.1 Å². The highest BCUT2D eigenvalue weighted by Gasteiger charge is 2.35. The summed E-state index contributed by atoms with van der Waals surface area (Å²) in [6.45, 7) is 0.529. The van der Waals surface area contributed by atoms with Crippen LogP contribution in [0.5, 0.6) is 0 Å². The molecule has 0 bridgehead atoms. The summed E-state index contributed by atoms with van der Waals surface area (Å²) in [4.78, 5) is 4.15. The van der Waals surface area contributed by atoms with Gasteiger partial charge in [-0.15, -0.1) is 0 Å². The molecule has 0 aliphatic carbocycles. The van der Waals surface area contributed by atoms with Crippen molar-refractivity contribution in [3.63, 3.8) is 0 Å². The fourth-order valence-electron chi connectivity index (χ4n) is 2.59. The summed E-state index contributed by atoms with van der Waals surface area (Å²) >= 11 is 0. The van der Waals surface area contributed by atoms with Crippen molar-refractivity contribution in [1.82, 2.24) is 19.5 Å². The van der Waals surface area contributed by atoms with Gasteiger partial charge in [0.1, 0.15) is 4.90 Å². The van der Waals surface area contributed by atoms with Gasteiger partial charge in [0.15, 0.2) is 0 Å². The Kier molecular flexibility index (Phi) is 3.54. The van der Waals surface area contributed by atoms with Crippen molar-refractivity contribution in [2.75, 3.05) is 6.54 Å². The monoisotopic (exact) mass is 292 g/mol. The topological polar surface area (TPSA) is 79.0 Å². The summed E-state index contributed by atoms with van der Waals surface area (Å²) in [6, 6.07) is 4.89. The van der Waals surface area contributed by atoms with E-state index in [0.717, 1.165) is 25.0 Å². The van der Waals surface area contributed by atoms with Crippen LogP contribution in [0.3, 0.4) is 0 Å². The fourth-order valence-corrected chi connectivity index (χ4v) is 4.23. The number of nitrogens with zero attached hydrogens (tertiary/aromatic N) is 3. The van der Waals surface area contributed by atoms with E-state index < -0.39 is 10.0 Å². The zero-order chi connectivity index (χ0) is 14.0. The van der Waals surface area contributed by atoms with E-state index in [4.69, 9.17) is 0 Å². The van der Waals surface area contributed by atoms with Crippen LogP contribution < -0.4 is 0 Å². The first-order valence-corrected chi connectivity index (χ1v) is 8.05. The first-order chi connectivity index (χ1) is 9.69. The van der Waals surface area contributed by atoms with Crippen molar-refractivity contribution < 1.29 is 8.42 Å². The molecule has 1 aliphatic heterocycles. The first kappa shape index (κ1) is 13.3. The van der Waals surface area contributed by atoms with Crippen molar-refractivity contribution in [2.24, 2.45) is 0 Å². The number of aromatic nitrogens is 3. The van der Waals surface area contributed by atoms with Crippen LogP contribution >= 0.6 is 0 Å². The first-order valence-electron chi connectivity index (χ1n) is 6.61. The zero-order valence-electron chi connectivity index (χ0n) is 10.9. The van der Waals surface area contributed by atoms with E-state index in [9.17, 15) is 8.42 Å². The molecule has 0 aromatic carbocycles. The molecular formula is C13H16N4O2S. The molecule has 1 aliphatic rings. The maximum atomic E-state index is 12.7. The van der Waals surface area contributed by atoms with Gasteiger partial charge >= 0.3 is 0 Å². The van der Waals surface area contributed by atoms with E-state index in [-0.39, 0.29) is 10.9 Å². The van der Waals surface area contributed by atoms with E-state index in [0.29, 0.717) is 6.54 Å². The number of hydrogen-bond acceptors (Lipinski definition) is 4. The highest BCUT2D eigenvalue weighted by atomic mass is 32.2. The molecular weight excluding hydrogens is 276 g/mol. The molecule has 1 fully saturated rings. The maximum Gasteiger partial charge on any atom is 0.245 e. The molecule has 0 saturated carbocycles. The summed E-state index contributed by atoms with van der Waals surface area (Å²) in [7, 11) is -3.51. The quantitative estimate of drug-likeness (QED) is 0.934. The Labute approximate surface area is 117 Å². The largest absolute Gasteiger partial charge is 0.281 e. The molecule has 0 amide bonds. The Hall–Kier alpha value is -1.73. The molecule has 0 radical (unpaired) electrons. The Morgan fingerprint density at radius 2 is 2.15 bits per heavy atom. The van der Waals surface area contributed by atoms with Gasteiger partial charge in [-0.05, 0) is 31.0 Å². The highest BCUT2D eigenvalue weighted by Crippen LogP contribution is 2.34. The van der Waals surface area contributed by atoms with Crippen LogP contribution in [-0.2, 0) is 10.0 Å². The maximum absolute atomic E-state index is 12.7. The Bertz CT molecular complexity index is 655. The van der Waals surface area contributed by atoms with E-state index in [2.05, 4.69) is 15.2 Å². The molecule has 1 saturated heterocycles. The van der Waals surface area contributed by atoms with Crippen LogP contribution in [0, 0.1) is 0 Å². The van der Waals surface area contributed by atoms with E-state index in [1.54, 1.807) is 28.8 Å². The standard InChI is InChI=1S/C13H16N4O2S/c18-20(19,11-4-3-7-14-10-11)17-9-2-1-5-13(17)12-6-8-15-16-12/h3-4,6-8,10,13H,1-2,5,9H2,(H,15,16)/t13-/m0/s1. The minimum Gasteiger partial charge on any atom is -0.281 e. The summed E-state index contributed by atoms with van der Waals surface area (Å²) in [6.07, 6.45) is 7.32. The van der Waals surface area contributed by atoms with Crippen molar-refractivity contribution in [3.8, 4) is 0 Å². The second-order valence-corrected chi connectivity index (χ2v) is 6.72. The number of piperidine rings is 1. The van der Waals surface area contributed by atoms with Crippen LogP contribution in [0.2, 0.25) is 0 Å². The molecule has 3 rings (SSSR count). The van der Waals surface area contributed by atoms with Gasteiger partial charge < -0.3 is 0 Å². The second-order valence-electron chi connectivity index (χ2n) is 4.83. The molecule has 0 unspecified atom stereocenters. The summed E-state index contributed by atoms with van der Waals surface area (Å²) in [5, 5.41) is 6.82. The molecule has 6 nitrogen and oxygen atoms in total. The average Bonchev–Trinajstić information content (AvgIpc) is 3.02. The third-order valence-corrected chi connectivity index (χ3v) is 5.47. The van der Waals surface area contributed by atoms with Gasteiger partial charge in [-0.25, -0.2) is 8.42 Å². The van der Waals surface area contributed by atoms with Gasteiger partial charge in [0.05, 0.1) is 11.7 Å². The van der Waals surface area contributed by atoms with Gasteiger partial charge in [0, 0.05) is 25.1 Å². The molecule has 3 heterocycles. The molecule has 7 heteroatoms. The Morgan fingerprint density at radius 1 is 1.25 bits per heavy atom. The molecule has 1 N–H and O–H groups in total. The van der Waals surface area contributed by atoms with E-state index in [1.807, 2.05) is 6.07 Å². The summed E-state index contributed by atoms with van der Waals surface area (Å²) < 4.78 is 27.0. The number of sulfonamides is 1. The van der Waals surface area contributed by atoms with Gasteiger partial charge in [0.2, 0.25) is 10.0 Å². The van der Waals surface area contributed by atoms with Crippen molar-refractivity contribution in [2.45, 2.75) is 30.2 Å². The lowest BCUT2D eigenvalue weighted by Gasteiger charge is -2.33. The number of hydrogen-bond donors (Lipinski definition) is 1. The predicted molar refractivity (Wildman–Crippen MR) is 73.3 cm³/mol. The van der Waals surface area contributed by atoms with Gasteiger partial charge in [0.25, 0.3) is 0 Å². The number of H-pyrrole nitrogens is 1. The minimum absolute atomic E-state index is 0.170. The van der Waals surface area contributed by atoms with Crippen LogP contribution in [0.4, 0.5) is 0 Å². The third-order valence-electron chi connectivity index (χ3n) is 3.58. The second kappa shape index (κ2) is 5.34. The molecule has 2 aromatic heterocycles. The normalized spacial score (nSPS) is 20.9. The average molecular weight is 292 g/mol. The van der Waals surface area contributed by atoms with Crippen LogP contribution in [0.15, 0.2) is 41.7 Å². The molecule has 1 atom stereocenters. The number of aromatic amines is 1. The van der Waals surface area contributed by atoms with Crippen molar-refractivity contribution >= 4 is 10.0 Å². The molecule has 0 spiro atoms. The lowest BCUT2D eigenvalue weighted by molar-refractivity contribution is 0.251. The predicted octanol–water partition coefficient (Wildman–Crippen LogP) is 1.72. The smallest absolute Gasteiger partial charge is 0.245 e. The van der Waals surface area contributed by atoms with Gasteiger partial charge in [-0.2, -0.15) is 9.40 Å². The van der Waals surface area contributed by atoms with E-state index >= 15 is 0 Å². The minimum atomic E-state index is -3.51. The molecule has 20 heavy (non-hydrogen) atoms. The van der Waals surface area contributed by atoms with Crippen molar-refractivity contribution in [3.05, 3.63) is 42.5 Å². The lowest BCUT2D eigenvalue weighted by Crippen LogP contribution is -2.38. The lowest BCUT2D eigenvalue weighted by atomic mass is 10.0. The van der Waals surface area contributed by atoms with Crippen LogP contribution in [0.1, 0.15) is 31.0 Å². The SMILES string of the molecule is O=S(=O)(c1cccnc1)N1CCCC[C@H]1c1ccn[nH]1. The van der Waals surface area contributed by atoms with Gasteiger partial charge in [-0.1, -0.05) is 6.42 Å². The third kappa shape index (κ3) is 2.34. The Morgan fingerprint density at radius 3 is 2.85 bits per heavy atom. The van der Waals surface area contributed by atoms with Crippen LogP contribution in [0.25, 0.3) is 0 Å². The number of nitrogens with one attached hydrogen (secondary N) is 1. The molecule has 106 valence electrons. The summed E-state index contributed by atoms with van der Waals surface area (Å²) in [5.41, 5.74) is 0.845. The highest BCUT2D eigenvalue weighted by molar-refractivity contribution is 7.89. The van der Waals surface area contributed by atoms with Crippen molar-refractivity contribution in [1.29, 1.82) is 0 Å².